The van der Waals surface area contributed by atoms with Crippen molar-refractivity contribution >= 4 is 18.8 Å². The summed E-state index contributed by atoms with van der Waals surface area (Å²) in [5.74, 6) is 3.17. The molecule has 1 unspecified atom stereocenters. The van der Waals surface area contributed by atoms with Gasteiger partial charge in [-0.2, -0.15) is 0 Å². The van der Waals surface area contributed by atoms with Crippen molar-refractivity contribution in [1.82, 2.24) is 5.32 Å². The van der Waals surface area contributed by atoms with Gasteiger partial charge < -0.3 is 5.32 Å². The smallest absolute Gasteiger partial charge is 0.220 e. The van der Waals surface area contributed by atoms with Crippen molar-refractivity contribution in [3.63, 3.8) is 0 Å². The zero-order valence-corrected chi connectivity index (χ0v) is 16.1. The molecule has 2 nitrogen and oxygen atoms in total. The van der Waals surface area contributed by atoms with Crippen LogP contribution in [0.2, 0.25) is 0 Å². The van der Waals surface area contributed by atoms with E-state index in [1.165, 1.54) is 27.8 Å². The van der Waals surface area contributed by atoms with E-state index in [0.717, 1.165) is 25.6 Å². The molecule has 2 atom stereocenters. The molecule has 0 fully saturated rings. The molecule has 1 aliphatic heterocycles. The minimum atomic E-state index is 0.0295. The highest BCUT2D eigenvalue weighted by Crippen LogP contribution is 2.30. The van der Waals surface area contributed by atoms with Crippen LogP contribution in [0.25, 0.3) is 5.57 Å². The first-order valence-corrected chi connectivity index (χ1v) is 9.40. The molecule has 1 N–H and O–H groups in total. The van der Waals surface area contributed by atoms with E-state index in [9.17, 15) is 4.79 Å². The third-order valence-electron chi connectivity index (χ3n) is 4.83. The van der Waals surface area contributed by atoms with Gasteiger partial charge in [-0.1, -0.05) is 43.6 Å². The lowest BCUT2D eigenvalue weighted by molar-refractivity contribution is -0.121. The zero-order chi connectivity index (χ0) is 19.1. The minimum absolute atomic E-state index is 0.0295. The van der Waals surface area contributed by atoms with E-state index in [1.54, 1.807) is 0 Å². The van der Waals surface area contributed by atoms with Gasteiger partial charge in [-0.05, 0) is 54.4 Å². The fraction of sp³-hybridized carbons (Fsp3) is 0.435. The lowest BCUT2D eigenvalue weighted by Gasteiger charge is -2.27. The second kappa shape index (κ2) is 9.48. The van der Waals surface area contributed by atoms with Crippen molar-refractivity contribution in [3.8, 4) is 12.3 Å². The normalized spacial score (nSPS) is 16.6. The Hall–Kier alpha value is -2.21. The van der Waals surface area contributed by atoms with E-state index >= 15 is 0 Å². The number of rotatable bonds is 8. The van der Waals surface area contributed by atoms with E-state index in [0.29, 0.717) is 18.8 Å². The average Bonchev–Trinajstić information content (AvgIpc) is 2.58. The largest absolute Gasteiger partial charge is 0.361 e. The Morgan fingerprint density at radius 2 is 2.19 bits per heavy atom. The number of carbonyl (C=O) groups excluding carboxylic acids is 1. The zero-order valence-electron chi connectivity index (χ0n) is 16.1. The first-order chi connectivity index (χ1) is 12.4. The average molecular weight is 346 g/mol. The molecule has 1 radical (unpaired) electrons. The predicted octanol–water partition coefficient (Wildman–Crippen LogP) is 4.31. The van der Waals surface area contributed by atoms with E-state index in [1.807, 2.05) is 0 Å². The summed E-state index contributed by atoms with van der Waals surface area (Å²) in [6.45, 7) is 12.7. The number of carbonyl (C=O) groups is 1. The highest BCUT2D eigenvalue weighted by Gasteiger charge is 2.23. The number of fused-ring (bicyclic) bond motifs is 1. The van der Waals surface area contributed by atoms with Gasteiger partial charge in [-0.15, -0.1) is 18.9 Å². The molecule has 0 aromatic heterocycles. The van der Waals surface area contributed by atoms with Crippen molar-refractivity contribution in [2.45, 2.75) is 58.2 Å². The summed E-state index contributed by atoms with van der Waals surface area (Å²) < 4.78 is 0. The summed E-state index contributed by atoms with van der Waals surface area (Å²) in [4.78, 5) is 11.9. The summed E-state index contributed by atoms with van der Waals surface area (Å²) in [6.07, 6.45) is 9.82. The van der Waals surface area contributed by atoms with Gasteiger partial charge in [-0.25, -0.2) is 0 Å². The third-order valence-corrected chi connectivity index (χ3v) is 4.83. The Labute approximate surface area is 159 Å². The summed E-state index contributed by atoms with van der Waals surface area (Å²) in [7, 11) is 2.20. The van der Waals surface area contributed by atoms with Gasteiger partial charge in [0.25, 0.3) is 0 Å². The fourth-order valence-electron chi connectivity index (χ4n) is 3.75. The van der Waals surface area contributed by atoms with Crippen LogP contribution in [0.15, 0.2) is 36.9 Å². The molecule has 1 aromatic rings. The van der Waals surface area contributed by atoms with Crippen LogP contribution in [-0.4, -0.2) is 19.1 Å². The van der Waals surface area contributed by atoms with Gasteiger partial charge in [-0.3, -0.25) is 4.79 Å². The number of hydrogen-bond acceptors (Lipinski definition) is 1. The van der Waals surface area contributed by atoms with Crippen LogP contribution in [0.5, 0.6) is 0 Å². The molecule has 0 spiro atoms. The predicted molar refractivity (Wildman–Crippen MR) is 112 cm³/mol. The Morgan fingerprint density at radius 3 is 2.88 bits per heavy atom. The second-order valence-corrected chi connectivity index (χ2v) is 7.54. The monoisotopic (exact) mass is 346 g/mol. The molecule has 1 aromatic carbocycles. The highest BCUT2D eigenvalue weighted by atomic mass is 16.1. The molecule has 0 saturated carbocycles. The summed E-state index contributed by atoms with van der Waals surface area (Å²) in [5, 5.41) is 3.07. The molecule has 135 valence electrons. The molecule has 0 saturated heterocycles. The van der Waals surface area contributed by atoms with Crippen LogP contribution in [-0.2, 0) is 17.5 Å². The van der Waals surface area contributed by atoms with Crippen molar-refractivity contribution in [3.05, 3.63) is 53.6 Å². The molecule has 1 amide bonds. The molecule has 3 heteroatoms. The van der Waals surface area contributed by atoms with Crippen LogP contribution < -0.4 is 5.32 Å². The molecule has 1 aliphatic rings. The topological polar surface area (TPSA) is 29.1 Å². The second-order valence-electron chi connectivity index (χ2n) is 7.54. The third kappa shape index (κ3) is 5.66. The summed E-state index contributed by atoms with van der Waals surface area (Å²) in [5.41, 5.74) is 6.34. The Kier molecular flexibility index (Phi) is 7.33. The van der Waals surface area contributed by atoms with Gasteiger partial charge in [0.2, 0.25) is 5.91 Å². The van der Waals surface area contributed by atoms with Crippen LogP contribution in [0, 0.1) is 18.3 Å². The number of allylic oxidation sites excluding steroid dienone is 2. The SMILES string of the molecule is C#CCCC(=O)N[C@@H]1[B]Cc2c(cccc2C(=C)CC(C)CC(=C)C)C1. The Balaban J connectivity index is 2.03. The highest BCUT2D eigenvalue weighted by molar-refractivity contribution is 6.38. The van der Waals surface area contributed by atoms with Crippen molar-refractivity contribution in [2.24, 2.45) is 5.92 Å². The maximum Gasteiger partial charge on any atom is 0.220 e. The van der Waals surface area contributed by atoms with Crippen molar-refractivity contribution in [1.29, 1.82) is 0 Å². The number of hydrogen-bond donors (Lipinski definition) is 1. The van der Waals surface area contributed by atoms with Gasteiger partial charge in [0.05, 0.1) is 0 Å². The minimum Gasteiger partial charge on any atom is -0.361 e. The van der Waals surface area contributed by atoms with Crippen molar-refractivity contribution < 1.29 is 4.79 Å². The molecule has 2 rings (SSSR count). The van der Waals surface area contributed by atoms with E-state index in [2.05, 4.69) is 63.7 Å². The Bertz CT molecular complexity index is 728. The van der Waals surface area contributed by atoms with E-state index < -0.39 is 0 Å². The van der Waals surface area contributed by atoms with Gasteiger partial charge >= 0.3 is 0 Å². The first-order valence-electron chi connectivity index (χ1n) is 9.40. The lowest BCUT2D eigenvalue weighted by atomic mass is 9.57. The summed E-state index contributed by atoms with van der Waals surface area (Å²) >= 11 is 0. The molecule has 0 aliphatic carbocycles. The maximum atomic E-state index is 11.9. The molecule has 0 bridgehead atoms. The summed E-state index contributed by atoms with van der Waals surface area (Å²) in [6, 6.07) is 6.44. The van der Waals surface area contributed by atoms with Gasteiger partial charge in [0.1, 0.15) is 7.28 Å². The number of terminal acetylenes is 1. The molecular formula is C23H29BNO. The van der Waals surface area contributed by atoms with Crippen LogP contribution in [0.4, 0.5) is 0 Å². The fourth-order valence-corrected chi connectivity index (χ4v) is 3.75. The Morgan fingerprint density at radius 1 is 1.42 bits per heavy atom. The molecular weight excluding hydrogens is 317 g/mol. The van der Waals surface area contributed by atoms with Crippen LogP contribution in [0.3, 0.4) is 0 Å². The molecule has 26 heavy (non-hydrogen) atoms. The lowest BCUT2D eigenvalue weighted by Crippen LogP contribution is -2.44. The van der Waals surface area contributed by atoms with Crippen molar-refractivity contribution in [2.75, 3.05) is 0 Å². The van der Waals surface area contributed by atoms with E-state index in [4.69, 9.17) is 6.42 Å². The van der Waals surface area contributed by atoms with E-state index in [-0.39, 0.29) is 11.8 Å². The van der Waals surface area contributed by atoms with Gasteiger partial charge in [0.15, 0.2) is 0 Å². The van der Waals surface area contributed by atoms with Crippen LogP contribution in [0.1, 0.15) is 56.2 Å². The maximum absolute atomic E-state index is 11.9. The standard InChI is InChI=1S/C23H29BNO/c1-6-7-11-23(26)25-22-14-19-9-8-10-20(21(19)15-24-22)18(5)13-17(4)12-16(2)3/h1,8-10,17,22H,2,5,7,11-15H2,3-4H3,(H,25,26)/t17?,22-/m0/s1. The quantitative estimate of drug-likeness (QED) is 0.424. The number of amides is 1. The van der Waals surface area contributed by atoms with Gasteiger partial charge in [0, 0.05) is 18.8 Å². The first kappa shape index (κ1) is 20.1. The number of benzene rings is 1. The van der Waals surface area contributed by atoms with Crippen LogP contribution >= 0.6 is 0 Å². The molecule has 1 heterocycles. The number of nitrogens with one attached hydrogen (secondary N) is 1.